The molecule has 0 unspecified atom stereocenters. The first-order valence-corrected chi connectivity index (χ1v) is 7.19. The van der Waals surface area contributed by atoms with Crippen LogP contribution in [0.2, 0.25) is 0 Å². The number of carboxylic acid groups (broad SMARTS) is 1. The fourth-order valence-corrected chi connectivity index (χ4v) is 2.96. The summed E-state index contributed by atoms with van der Waals surface area (Å²) >= 11 is 0. The van der Waals surface area contributed by atoms with E-state index < -0.39 is 5.97 Å². The van der Waals surface area contributed by atoms with Crippen LogP contribution in [0.4, 0.5) is 0 Å². The molecule has 0 saturated heterocycles. The van der Waals surface area contributed by atoms with Crippen molar-refractivity contribution in [2.24, 2.45) is 17.8 Å². The second-order valence-electron chi connectivity index (χ2n) is 5.92. The molecule has 4 heteroatoms. The van der Waals surface area contributed by atoms with Crippen molar-refractivity contribution in [3.63, 3.8) is 0 Å². The Morgan fingerprint density at radius 1 is 1.20 bits per heavy atom. The number of carbonyl (C=O) groups excluding carboxylic acids is 1. The second kappa shape index (κ2) is 5.27. The maximum Gasteiger partial charge on any atom is 0.323 e. The molecule has 1 N–H and O–H groups in total. The summed E-state index contributed by atoms with van der Waals surface area (Å²) in [7, 11) is 0. The lowest BCUT2D eigenvalue weighted by molar-refractivity contribution is -0.145. The van der Waals surface area contributed by atoms with Gasteiger partial charge in [-0.25, -0.2) is 0 Å². The minimum atomic E-state index is -0.946. The Balaban J connectivity index is 1.66. The van der Waals surface area contributed by atoms with Gasteiger partial charge in [0.05, 0.1) is 0 Å². The van der Waals surface area contributed by atoms with Crippen LogP contribution in [-0.4, -0.2) is 28.4 Å². The van der Waals surface area contributed by atoms with Gasteiger partial charge in [0, 0.05) is 12.5 Å². The zero-order chi connectivity index (χ0) is 14.1. The van der Waals surface area contributed by atoms with E-state index in [0.717, 1.165) is 17.9 Å². The molecule has 2 saturated carbocycles. The molecular formula is C16H19NO3. The molecule has 4 nitrogen and oxygen atoms in total. The molecule has 0 aliphatic heterocycles. The van der Waals surface area contributed by atoms with Crippen LogP contribution in [0, 0.1) is 17.8 Å². The smallest absolute Gasteiger partial charge is 0.323 e. The maximum atomic E-state index is 12.5. The third-order valence-electron chi connectivity index (χ3n) is 4.24. The Bertz CT molecular complexity index is 510. The van der Waals surface area contributed by atoms with Crippen LogP contribution in [-0.2, 0) is 16.1 Å². The number of rotatable bonds is 6. The van der Waals surface area contributed by atoms with Gasteiger partial charge in [-0.3, -0.25) is 9.59 Å². The van der Waals surface area contributed by atoms with Crippen molar-refractivity contribution < 1.29 is 14.7 Å². The molecule has 106 valence electrons. The van der Waals surface area contributed by atoms with Crippen molar-refractivity contribution in [2.75, 3.05) is 6.54 Å². The van der Waals surface area contributed by atoms with Gasteiger partial charge in [-0.2, -0.15) is 0 Å². The first-order chi connectivity index (χ1) is 9.65. The summed E-state index contributed by atoms with van der Waals surface area (Å²) in [5.74, 6) is 0.401. The topological polar surface area (TPSA) is 57.6 Å². The van der Waals surface area contributed by atoms with Crippen molar-refractivity contribution in [3.05, 3.63) is 35.9 Å². The molecule has 2 fully saturated rings. The quantitative estimate of drug-likeness (QED) is 0.864. The zero-order valence-electron chi connectivity index (χ0n) is 11.4. The monoisotopic (exact) mass is 273 g/mol. The first-order valence-electron chi connectivity index (χ1n) is 7.19. The van der Waals surface area contributed by atoms with E-state index in [-0.39, 0.29) is 18.4 Å². The second-order valence-corrected chi connectivity index (χ2v) is 5.92. The fourth-order valence-electron chi connectivity index (χ4n) is 2.96. The van der Waals surface area contributed by atoms with Gasteiger partial charge >= 0.3 is 5.97 Å². The number of carboxylic acids is 1. The average molecular weight is 273 g/mol. The van der Waals surface area contributed by atoms with Gasteiger partial charge < -0.3 is 10.0 Å². The Kier molecular flexibility index (Phi) is 3.47. The third-order valence-corrected chi connectivity index (χ3v) is 4.24. The van der Waals surface area contributed by atoms with Crippen molar-refractivity contribution in [1.82, 2.24) is 4.90 Å². The SMILES string of the molecule is O=C(O)CN(Cc1ccccc1)C(=O)[C@@H]1C[C@H]1C1CC1. The lowest BCUT2D eigenvalue weighted by atomic mass is 10.1. The van der Waals surface area contributed by atoms with Crippen LogP contribution in [0.5, 0.6) is 0 Å². The normalized spacial score (nSPS) is 24.2. The van der Waals surface area contributed by atoms with E-state index in [1.165, 1.54) is 17.7 Å². The molecule has 2 atom stereocenters. The molecular weight excluding hydrogens is 254 g/mol. The van der Waals surface area contributed by atoms with E-state index >= 15 is 0 Å². The number of hydrogen-bond acceptors (Lipinski definition) is 2. The average Bonchev–Trinajstić information content (AvgIpc) is 3.27. The highest BCUT2D eigenvalue weighted by molar-refractivity contribution is 5.85. The Morgan fingerprint density at radius 3 is 2.50 bits per heavy atom. The predicted molar refractivity (Wildman–Crippen MR) is 73.8 cm³/mol. The van der Waals surface area contributed by atoms with Gasteiger partial charge in [-0.1, -0.05) is 30.3 Å². The van der Waals surface area contributed by atoms with E-state index in [0.29, 0.717) is 12.5 Å². The standard InChI is InChI=1S/C16H19NO3/c18-15(19)10-17(9-11-4-2-1-3-5-11)16(20)14-8-13(14)12-6-7-12/h1-5,12-14H,6-10H2,(H,18,19)/t13-,14+/m0/s1. The summed E-state index contributed by atoms with van der Waals surface area (Å²) in [5, 5.41) is 9.01. The predicted octanol–water partition coefficient (Wildman–Crippen LogP) is 2.15. The summed E-state index contributed by atoms with van der Waals surface area (Å²) in [6.07, 6.45) is 3.44. The van der Waals surface area contributed by atoms with Crippen LogP contribution in [0.15, 0.2) is 30.3 Å². The summed E-state index contributed by atoms with van der Waals surface area (Å²) in [6, 6.07) is 9.57. The highest BCUT2D eigenvalue weighted by Crippen LogP contribution is 2.54. The lowest BCUT2D eigenvalue weighted by Crippen LogP contribution is -2.36. The van der Waals surface area contributed by atoms with Crippen LogP contribution in [0.25, 0.3) is 0 Å². The van der Waals surface area contributed by atoms with Gasteiger partial charge in [0.25, 0.3) is 0 Å². The fraction of sp³-hybridized carbons (Fsp3) is 0.500. The van der Waals surface area contributed by atoms with Crippen LogP contribution in [0.3, 0.4) is 0 Å². The Morgan fingerprint density at radius 2 is 1.90 bits per heavy atom. The number of amides is 1. The largest absolute Gasteiger partial charge is 0.480 e. The van der Waals surface area contributed by atoms with Gasteiger partial charge in [0.15, 0.2) is 0 Å². The molecule has 0 heterocycles. The van der Waals surface area contributed by atoms with Gasteiger partial charge in [-0.05, 0) is 36.7 Å². The molecule has 0 spiro atoms. The van der Waals surface area contributed by atoms with Crippen molar-refractivity contribution in [1.29, 1.82) is 0 Å². The number of aliphatic carboxylic acids is 1. The minimum absolute atomic E-state index is 0.0214. The number of benzene rings is 1. The molecule has 1 aromatic carbocycles. The molecule has 0 aromatic heterocycles. The first kappa shape index (κ1) is 13.2. The summed E-state index contributed by atoms with van der Waals surface area (Å²) in [5.41, 5.74) is 0.978. The Hall–Kier alpha value is -1.84. The van der Waals surface area contributed by atoms with Crippen molar-refractivity contribution in [3.8, 4) is 0 Å². The van der Waals surface area contributed by atoms with Crippen LogP contribution >= 0.6 is 0 Å². The van der Waals surface area contributed by atoms with E-state index in [4.69, 9.17) is 5.11 Å². The van der Waals surface area contributed by atoms with E-state index in [2.05, 4.69) is 0 Å². The van der Waals surface area contributed by atoms with Gasteiger partial charge in [0.1, 0.15) is 6.54 Å². The molecule has 1 amide bonds. The highest BCUT2D eigenvalue weighted by atomic mass is 16.4. The molecule has 1 aromatic rings. The van der Waals surface area contributed by atoms with Crippen LogP contribution in [0.1, 0.15) is 24.8 Å². The summed E-state index contributed by atoms with van der Waals surface area (Å²) < 4.78 is 0. The van der Waals surface area contributed by atoms with Crippen molar-refractivity contribution in [2.45, 2.75) is 25.8 Å². The molecule has 3 rings (SSSR count). The van der Waals surface area contributed by atoms with E-state index in [9.17, 15) is 9.59 Å². The molecule has 0 bridgehead atoms. The maximum absolute atomic E-state index is 12.5. The summed E-state index contributed by atoms with van der Waals surface area (Å²) in [4.78, 5) is 24.9. The van der Waals surface area contributed by atoms with E-state index in [1.807, 2.05) is 30.3 Å². The third kappa shape index (κ3) is 3.00. The molecule has 20 heavy (non-hydrogen) atoms. The minimum Gasteiger partial charge on any atom is -0.480 e. The molecule has 2 aliphatic carbocycles. The molecule has 0 radical (unpaired) electrons. The number of carbonyl (C=O) groups is 2. The van der Waals surface area contributed by atoms with Crippen molar-refractivity contribution >= 4 is 11.9 Å². The number of nitrogens with zero attached hydrogens (tertiary/aromatic N) is 1. The summed E-state index contributed by atoms with van der Waals surface area (Å²) in [6.45, 7) is 0.182. The number of hydrogen-bond donors (Lipinski definition) is 1. The Labute approximate surface area is 118 Å². The van der Waals surface area contributed by atoms with Gasteiger partial charge in [0.2, 0.25) is 5.91 Å². The van der Waals surface area contributed by atoms with Crippen LogP contribution < -0.4 is 0 Å². The van der Waals surface area contributed by atoms with Gasteiger partial charge in [-0.15, -0.1) is 0 Å². The lowest BCUT2D eigenvalue weighted by Gasteiger charge is -2.21. The highest BCUT2D eigenvalue weighted by Gasteiger charge is 2.52. The van der Waals surface area contributed by atoms with E-state index in [1.54, 1.807) is 0 Å². The zero-order valence-corrected chi connectivity index (χ0v) is 11.4. The molecule has 2 aliphatic rings.